The van der Waals surface area contributed by atoms with E-state index in [1.165, 1.54) is 16.3 Å². The van der Waals surface area contributed by atoms with Crippen molar-refractivity contribution in [2.75, 3.05) is 26.2 Å². The number of benzene rings is 3. The molecule has 3 aliphatic heterocycles. The lowest BCUT2D eigenvalue weighted by Gasteiger charge is -2.36. The molecule has 1 unspecified atom stereocenters. The first-order valence-electron chi connectivity index (χ1n) is 16.3. The highest BCUT2D eigenvalue weighted by Gasteiger charge is 2.46. The number of carbonyl (C=O) groups excluding carboxylic acids is 3. The standard InChI is InChI=1S/C35H41N7O3/c1-40-30-14-13-23(19-29(30)38-39-40)21-37-33(43)31-20-24(18-26-10-6-9-25-8-2-3-11-27(25)26)22-42(31)35(45)32-28(12-7-15-36-32)34(44)41-16-4-5-17-41/h2-3,6,8-11,13-14,19,24,28,31-32,36H,4-5,7,12,15-18,20-22H2,1H3,(H,37,43)/t24?,28-,31-,32+/m0/s1. The molecule has 4 aromatic rings. The lowest BCUT2D eigenvalue weighted by Crippen LogP contribution is -2.59. The van der Waals surface area contributed by atoms with Crippen molar-refractivity contribution in [3.05, 3.63) is 71.8 Å². The van der Waals surface area contributed by atoms with E-state index in [1.54, 1.807) is 9.58 Å². The molecule has 0 bridgehead atoms. The van der Waals surface area contributed by atoms with Crippen LogP contribution < -0.4 is 10.6 Å². The minimum atomic E-state index is -0.613. The highest BCUT2D eigenvalue weighted by atomic mass is 16.2. The van der Waals surface area contributed by atoms with Crippen LogP contribution in [0.2, 0.25) is 0 Å². The van der Waals surface area contributed by atoms with Gasteiger partial charge in [0.05, 0.1) is 17.5 Å². The number of carbonyl (C=O) groups is 3. The third kappa shape index (κ3) is 5.91. The van der Waals surface area contributed by atoms with E-state index in [2.05, 4.69) is 57.3 Å². The zero-order valence-electron chi connectivity index (χ0n) is 25.8. The molecular weight excluding hydrogens is 566 g/mol. The molecule has 4 heterocycles. The van der Waals surface area contributed by atoms with Crippen LogP contribution in [0, 0.1) is 11.8 Å². The molecule has 2 N–H and O–H groups in total. The summed E-state index contributed by atoms with van der Waals surface area (Å²) < 4.78 is 1.72. The lowest BCUT2D eigenvalue weighted by atomic mass is 9.88. The maximum absolute atomic E-state index is 14.4. The first-order valence-corrected chi connectivity index (χ1v) is 16.3. The van der Waals surface area contributed by atoms with Crippen LogP contribution in [0.4, 0.5) is 0 Å². The number of hydrogen-bond donors (Lipinski definition) is 2. The first-order chi connectivity index (χ1) is 22.0. The van der Waals surface area contributed by atoms with Crippen LogP contribution in [-0.2, 0) is 34.4 Å². The SMILES string of the molecule is Cn1nnc2cc(CNC(=O)[C@@H]3CC(Cc4cccc5ccccc45)CN3C(=O)[C@@H]3NCCC[C@@H]3C(=O)N3CCCC3)ccc21. The Balaban J connectivity index is 1.12. The van der Waals surface area contributed by atoms with Gasteiger partial charge in [0.1, 0.15) is 11.6 Å². The fourth-order valence-corrected chi connectivity index (χ4v) is 7.61. The fraction of sp³-hybridized carbons (Fsp3) is 0.457. The van der Waals surface area contributed by atoms with Crippen molar-refractivity contribution in [3.8, 4) is 0 Å². The molecule has 10 heteroatoms. The quantitative estimate of drug-likeness (QED) is 0.334. The Kier molecular flexibility index (Phi) is 8.23. The average Bonchev–Trinajstić information content (AvgIpc) is 3.84. The van der Waals surface area contributed by atoms with Crippen LogP contribution in [0.3, 0.4) is 0 Å². The summed E-state index contributed by atoms with van der Waals surface area (Å²) in [6, 6.07) is 19.3. The molecule has 3 amide bonds. The van der Waals surface area contributed by atoms with Gasteiger partial charge in [-0.25, -0.2) is 4.68 Å². The van der Waals surface area contributed by atoms with E-state index >= 15 is 0 Å². The number of rotatable bonds is 7. The van der Waals surface area contributed by atoms with Crippen LogP contribution in [0.1, 0.15) is 43.2 Å². The Morgan fingerprint density at radius 1 is 0.978 bits per heavy atom. The molecule has 0 spiro atoms. The van der Waals surface area contributed by atoms with Gasteiger partial charge in [-0.3, -0.25) is 14.4 Å². The predicted octanol–water partition coefficient (Wildman–Crippen LogP) is 3.19. The van der Waals surface area contributed by atoms with Gasteiger partial charge in [-0.05, 0) is 85.0 Å². The molecule has 3 aliphatic rings. The molecule has 4 atom stereocenters. The van der Waals surface area contributed by atoms with Crippen molar-refractivity contribution >= 4 is 39.5 Å². The van der Waals surface area contributed by atoms with Crippen LogP contribution >= 0.6 is 0 Å². The van der Waals surface area contributed by atoms with Gasteiger partial charge < -0.3 is 20.4 Å². The Morgan fingerprint density at radius 3 is 2.67 bits per heavy atom. The first kappa shape index (κ1) is 29.4. The third-order valence-electron chi connectivity index (χ3n) is 9.96. The number of aryl methyl sites for hydroxylation is 1. The molecule has 0 radical (unpaired) electrons. The Hall–Kier alpha value is -4.31. The summed E-state index contributed by atoms with van der Waals surface area (Å²) in [7, 11) is 1.85. The second-order valence-electron chi connectivity index (χ2n) is 12.9. The predicted molar refractivity (Wildman–Crippen MR) is 172 cm³/mol. The van der Waals surface area contributed by atoms with Crippen molar-refractivity contribution in [3.63, 3.8) is 0 Å². The molecule has 0 saturated carbocycles. The van der Waals surface area contributed by atoms with E-state index < -0.39 is 18.0 Å². The number of fused-ring (bicyclic) bond motifs is 2. The van der Waals surface area contributed by atoms with E-state index in [1.807, 2.05) is 36.2 Å². The number of likely N-dealkylation sites (tertiary alicyclic amines) is 2. The summed E-state index contributed by atoms with van der Waals surface area (Å²) in [5, 5.41) is 17.2. The monoisotopic (exact) mass is 607 g/mol. The van der Waals surface area contributed by atoms with Crippen molar-refractivity contribution < 1.29 is 14.4 Å². The zero-order valence-corrected chi connectivity index (χ0v) is 25.8. The van der Waals surface area contributed by atoms with Crippen LogP contribution in [0.5, 0.6) is 0 Å². The lowest BCUT2D eigenvalue weighted by molar-refractivity contribution is -0.146. The highest BCUT2D eigenvalue weighted by molar-refractivity contribution is 5.94. The van der Waals surface area contributed by atoms with E-state index in [-0.39, 0.29) is 23.6 Å². The van der Waals surface area contributed by atoms with Crippen molar-refractivity contribution in [1.29, 1.82) is 0 Å². The molecule has 45 heavy (non-hydrogen) atoms. The van der Waals surface area contributed by atoms with E-state index in [4.69, 9.17) is 0 Å². The van der Waals surface area contributed by atoms with E-state index in [0.29, 0.717) is 32.5 Å². The summed E-state index contributed by atoms with van der Waals surface area (Å²) in [6.07, 6.45) is 4.91. The normalized spacial score (nSPS) is 23.6. The van der Waals surface area contributed by atoms with E-state index in [0.717, 1.165) is 55.4 Å². The largest absolute Gasteiger partial charge is 0.350 e. The Labute approximate surface area is 263 Å². The molecule has 1 aromatic heterocycles. The Morgan fingerprint density at radius 2 is 1.80 bits per heavy atom. The van der Waals surface area contributed by atoms with Gasteiger partial charge in [0.25, 0.3) is 0 Å². The summed E-state index contributed by atoms with van der Waals surface area (Å²) in [5.74, 6) is -0.508. The molecule has 234 valence electrons. The van der Waals surface area contributed by atoms with Gasteiger partial charge in [0, 0.05) is 33.2 Å². The number of nitrogens with zero attached hydrogens (tertiary/aromatic N) is 5. The maximum Gasteiger partial charge on any atom is 0.243 e. The topological polar surface area (TPSA) is 112 Å². The zero-order chi connectivity index (χ0) is 30.9. The summed E-state index contributed by atoms with van der Waals surface area (Å²) >= 11 is 0. The second-order valence-corrected chi connectivity index (χ2v) is 12.9. The number of hydrogen-bond acceptors (Lipinski definition) is 6. The van der Waals surface area contributed by atoms with Gasteiger partial charge in [0.2, 0.25) is 17.7 Å². The second kappa shape index (κ2) is 12.6. The third-order valence-corrected chi connectivity index (χ3v) is 9.96. The Bertz CT molecular complexity index is 1720. The van der Waals surface area contributed by atoms with Crippen molar-refractivity contribution in [1.82, 2.24) is 35.4 Å². The van der Waals surface area contributed by atoms with Gasteiger partial charge in [-0.15, -0.1) is 5.10 Å². The van der Waals surface area contributed by atoms with E-state index in [9.17, 15) is 14.4 Å². The molecule has 0 aliphatic carbocycles. The average molecular weight is 608 g/mol. The molecule has 3 saturated heterocycles. The van der Waals surface area contributed by atoms with Crippen LogP contribution in [-0.4, -0.2) is 80.8 Å². The van der Waals surface area contributed by atoms with Crippen LogP contribution in [0.25, 0.3) is 21.8 Å². The minimum Gasteiger partial charge on any atom is -0.350 e. The summed E-state index contributed by atoms with van der Waals surface area (Å²) in [5.41, 5.74) is 3.84. The summed E-state index contributed by atoms with van der Waals surface area (Å²) in [4.78, 5) is 45.5. The molecule has 10 nitrogen and oxygen atoms in total. The molecular formula is C35H41N7O3. The maximum atomic E-state index is 14.4. The van der Waals surface area contributed by atoms with Crippen LogP contribution in [0.15, 0.2) is 60.7 Å². The fourth-order valence-electron chi connectivity index (χ4n) is 7.61. The number of piperidine rings is 1. The van der Waals surface area contributed by atoms with Gasteiger partial charge >= 0.3 is 0 Å². The van der Waals surface area contributed by atoms with Gasteiger partial charge in [0.15, 0.2) is 0 Å². The molecule has 3 fully saturated rings. The van der Waals surface area contributed by atoms with Gasteiger partial charge in [-0.2, -0.15) is 0 Å². The van der Waals surface area contributed by atoms with Crippen molar-refractivity contribution in [2.24, 2.45) is 18.9 Å². The minimum absolute atomic E-state index is 0.0740. The number of amides is 3. The number of aromatic nitrogens is 3. The van der Waals surface area contributed by atoms with Gasteiger partial charge in [-0.1, -0.05) is 53.7 Å². The number of nitrogens with one attached hydrogen (secondary N) is 2. The molecule has 3 aromatic carbocycles. The highest BCUT2D eigenvalue weighted by Crippen LogP contribution is 2.32. The smallest absolute Gasteiger partial charge is 0.243 e. The summed E-state index contributed by atoms with van der Waals surface area (Å²) in [6.45, 7) is 3.02. The van der Waals surface area contributed by atoms with Crippen molar-refractivity contribution in [2.45, 2.75) is 57.2 Å². The molecule has 7 rings (SSSR count).